The summed E-state index contributed by atoms with van der Waals surface area (Å²) in [6.07, 6.45) is 0.928. The fourth-order valence-electron chi connectivity index (χ4n) is 2.77. The molecule has 6 nitrogen and oxygen atoms in total. The van der Waals surface area contributed by atoms with Gasteiger partial charge in [0.05, 0.1) is 14.2 Å². The van der Waals surface area contributed by atoms with Crippen LogP contribution in [0.4, 0.5) is 0 Å². The summed E-state index contributed by atoms with van der Waals surface area (Å²) in [6, 6.07) is 16.0. The quantitative estimate of drug-likeness (QED) is 0.335. The Hall–Kier alpha value is -3.28. The second-order valence-electron chi connectivity index (χ2n) is 6.06. The van der Waals surface area contributed by atoms with Gasteiger partial charge in [0.25, 0.3) is 0 Å². The minimum Gasteiger partial charge on any atom is -0.468 e. The average molecular weight is 367 g/mol. The molecule has 0 atom stereocenters. The molecule has 0 heterocycles. The van der Waals surface area contributed by atoms with Crippen LogP contribution >= 0.6 is 0 Å². The summed E-state index contributed by atoms with van der Waals surface area (Å²) in [5.74, 6) is -1.77. The number of hydrogen-bond acceptors (Lipinski definition) is 6. The van der Waals surface area contributed by atoms with Crippen LogP contribution in [0.15, 0.2) is 54.6 Å². The number of carbonyl (C=O) groups excluding carboxylic acids is 3. The monoisotopic (exact) mass is 367 g/mol. The molecule has 2 aromatic carbocycles. The smallest absolute Gasteiger partial charge is 0.329 e. The van der Waals surface area contributed by atoms with E-state index in [1.54, 1.807) is 24.3 Å². The van der Waals surface area contributed by atoms with Crippen molar-refractivity contribution in [3.63, 3.8) is 0 Å². The first kappa shape index (κ1) is 20.0. The van der Waals surface area contributed by atoms with E-state index in [1.807, 2.05) is 30.3 Å². The van der Waals surface area contributed by atoms with Gasteiger partial charge < -0.3 is 14.9 Å². The third-order valence-electron chi connectivity index (χ3n) is 4.31. The number of Topliss-reactive ketones (excluding diaryl/α,β-unsaturated/α-hetero) is 1. The number of methoxy groups -OCH3 is 2. The summed E-state index contributed by atoms with van der Waals surface area (Å²) in [4.78, 5) is 36.6. The number of ketones is 1. The van der Waals surface area contributed by atoms with Gasteiger partial charge in [-0.3, -0.25) is 14.4 Å². The van der Waals surface area contributed by atoms with E-state index in [2.05, 4.69) is 9.47 Å². The molecule has 2 aromatic rings. The Morgan fingerprint density at radius 2 is 1.44 bits per heavy atom. The van der Waals surface area contributed by atoms with Crippen LogP contribution in [0.3, 0.4) is 0 Å². The van der Waals surface area contributed by atoms with Crippen LogP contribution < -0.4 is 0 Å². The molecule has 27 heavy (non-hydrogen) atoms. The molecule has 1 N–H and O–H groups in total. The standard InChI is InChI=1S/C21H21NO5/c1-26-19(24)21(14-22,20(25)27-2)13-16-8-10-17(11-9-16)18(23)12-15-6-4-3-5-7-15/h3-11,14,22H,12-13H2,1-2H3. The minimum absolute atomic E-state index is 0.0352. The Morgan fingerprint density at radius 1 is 0.889 bits per heavy atom. The first-order valence-corrected chi connectivity index (χ1v) is 8.31. The Morgan fingerprint density at radius 3 is 1.93 bits per heavy atom. The third-order valence-corrected chi connectivity index (χ3v) is 4.31. The lowest BCUT2D eigenvalue weighted by Crippen LogP contribution is -2.44. The normalized spacial score (nSPS) is 10.7. The Kier molecular flexibility index (Phi) is 6.60. The lowest BCUT2D eigenvalue weighted by Gasteiger charge is -2.23. The third kappa shape index (κ3) is 4.47. The number of carbonyl (C=O) groups is 3. The molecule has 0 aliphatic carbocycles. The molecule has 0 saturated heterocycles. The van der Waals surface area contributed by atoms with Gasteiger partial charge in [-0.05, 0) is 11.1 Å². The van der Waals surface area contributed by atoms with Crippen LogP contribution in [-0.2, 0) is 31.9 Å². The van der Waals surface area contributed by atoms with Crippen molar-refractivity contribution >= 4 is 23.9 Å². The van der Waals surface area contributed by atoms with Crippen molar-refractivity contribution in [3.8, 4) is 0 Å². The maximum Gasteiger partial charge on any atom is 0.329 e. The predicted molar refractivity (Wildman–Crippen MR) is 99.9 cm³/mol. The number of hydrogen-bond donors (Lipinski definition) is 1. The lowest BCUT2D eigenvalue weighted by atomic mass is 9.82. The highest BCUT2D eigenvalue weighted by molar-refractivity contribution is 6.14. The lowest BCUT2D eigenvalue weighted by molar-refractivity contribution is -0.163. The van der Waals surface area contributed by atoms with Gasteiger partial charge >= 0.3 is 11.9 Å². The van der Waals surface area contributed by atoms with Gasteiger partial charge in [-0.25, -0.2) is 0 Å². The summed E-state index contributed by atoms with van der Waals surface area (Å²) in [7, 11) is 2.30. The Bertz CT molecular complexity index is 811. The van der Waals surface area contributed by atoms with Gasteiger partial charge in [0.15, 0.2) is 5.78 Å². The van der Waals surface area contributed by atoms with Crippen molar-refractivity contribution < 1.29 is 23.9 Å². The summed E-state index contributed by atoms with van der Waals surface area (Å²) in [5.41, 5.74) is 0.203. The molecule has 0 fully saturated rings. The fourth-order valence-corrected chi connectivity index (χ4v) is 2.77. The summed E-state index contributed by atoms with van der Waals surface area (Å²) < 4.78 is 9.37. The van der Waals surface area contributed by atoms with Gasteiger partial charge in [0.2, 0.25) is 5.41 Å². The molecule has 0 saturated carbocycles. The second-order valence-corrected chi connectivity index (χ2v) is 6.06. The largest absolute Gasteiger partial charge is 0.468 e. The van der Waals surface area contributed by atoms with E-state index in [-0.39, 0.29) is 18.6 Å². The van der Waals surface area contributed by atoms with Crippen molar-refractivity contribution in [1.29, 1.82) is 5.41 Å². The van der Waals surface area contributed by atoms with Crippen molar-refractivity contribution in [2.75, 3.05) is 14.2 Å². The first-order valence-electron chi connectivity index (χ1n) is 8.31. The van der Waals surface area contributed by atoms with Gasteiger partial charge in [-0.1, -0.05) is 54.6 Å². The van der Waals surface area contributed by atoms with E-state index < -0.39 is 17.4 Å². The van der Waals surface area contributed by atoms with Crippen molar-refractivity contribution in [2.24, 2.45) is 5.41 Å². The van der Waals surface area contributed by atoms with Gasteiger partial charge in [0.1, 0.15) is 0 Å². The fraction of sp³-hybridized carbons (Fsp3) is 0.238. The molecule has 0 aliphatic rings. The SMILES string of the molecule is COC(=O)C(C=N)(Cc1ccc(C(=O)Cc2ccccc2)cc1)C(=O)OC. The maximum absolute atomic E-state index is 12.4. The number of nitrogens with one attached hydrogen (secondary N) is 1. The number of rotatable bonds is 8. The highest BCUT2D eigenvalue weighted by atomic mass is 16.5. The van der Waals surface area contributed by atoms with Crippen LogP contribution in [0.1, 0.15) is 21.5 Å². The van der Waals surface area contributed by atoms with Crippen LogP contribution in [0.5, 0.6) is 0 Å². The highest BCUT2D eigenvalue weighted by Crippen LogP contribution is 2.25. The molecule has 0 radical (unpaired) electrons. The summed E-state index contributed by atoms with van der Waals surface area (Å²) in [5, 5.41) is 7.58. The topological polar surface area (TPSA) is 93.5 Å². The van der Waals surface area contributed by atoms with E-state index in [0.717, 1.165) is 26.0 Å². The van der Waals surface area contributed by atoms with Crippen LogP contribution in [0, 0.1) is 10.8 Å². The zero-order valence-corrected chi connectivity index (χ0v) is 15.2. The molecule has 140 valence electrons. The Balaban J connectivity index is 2.20. The second kappa shape index (κ2) is 8.89. The van der Waals surface area contributed by atoms with E-state index in [1.165, 1.54) is 0 Å². The molecule has 0 spiro atoms. The van der Waals surface area contributed by atoms with E-state index in [9.17, 15) is 14.4 Å². The van der Waals surface area contributed by atoms with E-state index >= 15 is 0 Å². The predicted octanol–water partition coefficient (Wildman–Crippen LogP) is 2.64. The van der Waals surface area contributed by atoms with E-state index in [0.29, 0.717) is 11.1 Å². The molecular formula is C21H21NO5. The van der Waals surface area contributed by atoms with Crippen LogP contribution in [0.25, 0.3) is 0 Å². The zero-order chi connectivity index (χ0) is 19.9. The number of benzene rings is 2. The zero-order valence-electron chi connectivity index (χ0n) is 15.2. The van der Waals surface area contributed by atoms with Crippen molar-refractivity contribution in [2.45, 2.75) is 12.8 Å². The highest BCUT2D eigenvalue weighted by Gasteiger charge is 2.47. The molecule has 2 rings (SSSR count). The summed E-state index contributed by atoms with van der Waals surface area (Å²) >= 11 is 0. The first-order chi connectivity index (χ1) is 13.0. The average Bonchev–Trinajstić information content (AvgIpc) is 2.72. The van der Waals surface area contributed by atoms with Crippen LogP contribution in [0.2, 0.25) is 0 Å². The molecule has 0 aromatic heterocycles. The van der Waals surface area contributed by atoms with Gasteiger partial charge in [-0.2, -0.15) is 0 Å². The maximum atomic E-state index is 12.4. The molecule has 6 heteroatoms. The van der Waals surface area contributed by atoms with E-state index in [4.69, 9.17) is 5.41 Å². The van der Waals surface area contributed by atoms with Crippen LogP contribution in [-0.4, -0.2) is 38.2 Å². The number of ether oxygens (including phenoxy) is 2. The molecule has 0 unspecified atom stereocenters. The van der Waals surface area contributed by atoms with Gasteiger partial charge in [-0.15, -0.1) is 0 Å². The molecule has 0 aliphatic heterocycles. The molecule has 0 amide bonds. The van der Waals surface area contributed by atoms with Crippen molar-refractivity contribution in [3.05, 3.63) is 71.3 Å². The Labute approximate surface area is 157 Å². The summed E-state index contributed by atoms with van der Waals surface area (Å²) in [6.45, 7) is 0. The molecular weight excluding hydrogens is 346 g/mol. The number of esters is 2. The van der Waals surface area contributed by atoms with Gasteiger partial charge in [0, 0.05) is 24.6 Å². The molecule has 0 bridgehead atoms. The van der Waals surface area contributed by atoms with Crippen molar-refractivity contribution in [1.82, 2.24) is 0 Å². The minimum atomic E-state index is -1.85.